The van der Waals surface area contributed by atoms with E-state index in [-0.39, 0.29) is 5.57 Å². The fraction of sp³-hybridized carbons (Fsp3) is 0.0800. The number of aryl methyl sites for hydroxylation is 1. The van der Waals surface area contributed by atoms with Gasteiger partial charge in [0.25, 0.3) is 11.8 Å². The number of barbiturate groups is 1. The predicted molar refractivity (Wildman–Crippen MR) is 129 cm³/mol. The SMILES string of the molecule is Cc1ccc(N2C(=O)NC(=O)/C(=C\c3ccc(Cc4ccccc4Br)c(Cl)c3)C2=O)cc1. The summed E-state index contributed by atoms with van der Waals surface area (Å²) in [5.41, 5.74) is 3.83. The molecule has 1 saturated heterocycles. The normalized spacial score (nSPS) is 15.3. The number of imide groups is 2. The van der Waals surface area contributed by atoms with Gasteiger partial charge in [0.2, 0.25) is 0 Å². The molecule has 1 heterocycles. The predicted octanol–water partition coefficient (Wildman–Crippen LogP) is 5.67. The molecule has 0 radical (unpaired) electrons. The van der Waals surface area contributed by atoms with Gasteiger partial charge in [0.1, 0.15) is 5.57 Å². The molecule has 3 aromatic carbocycles. The van der Waals surface area contributed by atoms with Crippen molar-refractivity contribution < 1.29 is 14.4 Å². The Balaban J connectivity index is 1.63. The first-order valence-electron chi connectivity index (χ1n) is 9.83. The van der Waals surface area contributed by atoms with Crippen molar-refractivity contribution in [1.82, 2.24) is 5.32 Å². The number of hydrogen-bond acceptors (Lipinski definition) is 3. The average molecular weight is 510 g/mol. The van der Waals surface area contributed by atoms with E-state index < -0.39 is 17.8 Å². The molecule has 1 fully saturated rings. The van der Waals surface area contributed by atoms with Gasteiger partial charge in [-0.25, -0.2) is 9.69 Å². The number of nitrogens with one attached hydrogen (secondary N) is 1. The van der Waals surface area contributed by atoms with Gasteiger partial charge in [0.15, 0.2) is 0 Å². The van der Waals surface area contributed by atoms with E-state index in [0.717, 1.165) is 26.1 Å². The van der Waals surface area contributed by atoms with Crippen LogP contribution in [-0.4, -0.2) is 17.8 Å². The van der Waals surface area contributed by atoms with Crippen LogP contribution in [0.3, 0.4) is 0 Å². The minimum absolute atomic E-state index is 0.139. The number of rotatable bonds is 4. The number of carbonyl (C=O) groups is 3. The number of benzene rings is 3. The number of anilines is 1. The lowest BCUT2D eigenvalue weighted by molar-refractivity contribution is -0.122. The van der Waals surface area contributed by atoms with E-state index in [4.69, 9.17) is 11.6 Å². The van der Waals surface area contributed by atoms with Gasteiger partial charge in [-0.3, -0.25) is 14.9 Å². The standard InChI is InChI=1S/C25H18BrClN2O3/c1-15-6-10-19(11-7-15)29-24(31)20(23(30)28-25(29)32)12-16-8-9-18(22(27)13-16)14-17-4-2-3-5-21(17)26/h2-13H,14H2,1H3,(H,28,30,32)/b20-12+. The molecule has 0 saturated carbocycles. The fourth-order valence-corrected chi connectivity index (χ4v) is 4.08. The summed E-state index contributed by atoms with van der Waals surface area (Å²) in [4.78, 5) is 38.7. The third kappa shape index (κ3) is 4.52. The van der Waals surface area contributed by atoms with Crippen LogP contribution in [0.4, 0.5) is 10.5 Å². The summed E-state index contributed by atoms with van der Waals surface area (Å²) in [5, 5.41) is 2.75. The second-order valence-electron chi connectivity index (χ2n) is 7.41. The Labute approximate surface area is 198 Å². The highest BCUT2D eigenvalue weighted by Crippen LogP contribution is 2.27. The van der Waals surface area contributed by atoms with Crippen molar-refractivity contribution in [2.75, 3.05) is 4.90 Å². The highest BCUT2D eigenvalue weighted by molar-refractivity contribution is 9.10. The third-order valence-corrected chi connectivity index (χ3v) is 6.25. The first-order valence-corrected chi connectivity index (χ1v) is 11.0. The van der Waals surface area contributed by atoms with E-state index in [1.807, 2.05) is 37.3 Å². The Morgan fingerprint density at radius 3 is 2.38 bits per heavy atom. The van der Waals surface area contributed by atoms with Gasteiger partial charge in [0.05, 0.1) is 5.69 Å². The second kappa shape index (κ2) is 9.10. The lowest BCUT2D eigenvalue weighted by atomic mass is 10.0. The van der Waals surface area contributed by atoms with Crippen molar-refractivity contribution in [2.45, 2.75) is 13.3 Å². The van der Waals surface area contributed by atoms with Crippen LogP contribution in [-0.2, 0) is 16.0 Å². The van der Waals surface area contributed by atoms with E-state index in [1.165, 1.54) is 6.08 Å². The molecule has 5 nitrogen and oxygen atoms in total. The zero-order valence-corrected chi connectivity index (χ0v) is 19.4. The van der Waals surface area contributed by atoms with Crippen molar-refractivity contribution in [3.8, 4) is 0 Å². The van der Waals surface area contributed by atoms with E-state index in [9.17, 15) is 14.4 Å². The molecule has 0 aliphatic carbocycles. The van der Waals surface area contributed by atoms with Crippen LogP contribution in [0.15, 0.2) is 76.8 Å². The van der Waals surface area contributed by atoms with Crippen molar-refractivity contribution >= 4 is 57.1 Å². The van der Waals surface area contributed by atoms with Crippen LogP contribution in [0.1, 0.15) is 22.3 Å². The molecule has 0 bridgehead atoms. The molecular weight excluding hydrogens is 492 g/mol. The fourth-order valence-electron chi connectivity index (χ4n) is 3.40. The zero-order chi connectivity index (χ0) is 22.8. The minimum Gasteiger partial charge on any atom is -0.273 e. The number of halogens is 2. The number of nitrogens with zero attached hydrogens (tertiary/aromatic N) is 1. The van der Waals surface area contributed by atoms with Gasteiger partial charge in [-0.05, 0) is 54.0 Å². The topological polar surface area (TPSA) is 66.5 Å². The molecule has 0 spiro atoms. The van der Waals surface area contributed by atoms with Crippen molar-refractivity contribution in [3.05, 3.63) is 104 Å². The molecule has 0 aromatic heterocycles. The lowest BCUT2D eigenvalue weighted by Gasteiger charge is -2.26. The Hall–Kier alpha value is -3.22. The summed E-state index contributed by atoms with van der Waals surface area (Å²) in [6.45, 7) is 1.90. The molecule has 7 heteroatoms. The summed E-state index contributed by atoms with van der Waals surface area (Å²) < 4.78 is 0.993. The molecule has 1 aliphatic heterocycles. The highest BCUT2D eigenvalue weighted by Gasteiger charge is 2.36. The number of hydrogen-bond donors (Lipinski definition) is 1. The molecule has 1 N–H and O–H groups in total. The number of urea groups is 1. The van der Waals surface area contributed by atoms with Gasteiger partial charge in [-0.1, -0.05) is 75.6 Å². The van der Waals surface area contributed by atoms with Crippen LogP contribution < -0.4 is 10.2 Å². The summed E-state index contributed by atoms with van der Waals surface area (Å²) in [6, 6.07) is 19.4. The van der Waals surface area contributed by atoms with Gasteiger partial charge < -0.3 is 0 Å². The van der Waals surface area contributed by atoms with E-state index in [1.54, 1.807) is 36.4 Å². The number of amides is 4. The van der Waals surface area contributed by atoms with Gasteiger partial charge in [-0.2, -0.15) is 0 Å². The Morgan fingerprint density at radius 1 is 0.969 bits per heavy atom. The molecule has 0 atom stereocenters. The van der Waals surface area contributed by atoms with Gasteiger partial charge >= 0.3 is 6.03 Å². The van der Waals surface area contributed by atoms with E-state index in [0.29, 0.717) is 22.7 Å². The Morgan fingerprint density at radius 2 is 1.69 bits per heavy atom. The van der Waals surface area contributed by atoms with Crippen molar-refractivity contribution in [1.29, 1.82) is 0 Å². The Bertz CT molecular complexity index is 1270. The molecule has 32 heavy (non-hydrogen) atoms. The van der Waals surface area contributed by atoms with Gasteiger partial charge in [0, 0.05) is 15.9 Å². The van der Waals surface area contributed by atoms with Gasteiger partial charge in [-0.15, -0.1) is 0 Å². The lowest BCUT2D eigenvalue weighted by Crippen LogP contribution is -2.54. The smallest absolute Gasteiger partial charge is 0.273 e. The van der Waals surface area contributed by atoms with E-state index in [2.05, 4.69) is 21.2 Å². The summed E-state index contributed by atoms with van der Waals surface area (Å²) in [6.07, 6.45) is 2.08. The average Bonchev–Trinajstić information content (AvgIpc) is 2.75. The van der Waals surface area contributed by atoms with E-state index >= 15 is 0 Å². The maximum absolute atomic E-state index is 13.0. The van der Waals surface area contributed by atoms with Crippen LogP contribution >= 0.6 is 27.5 Å². The minimum atomic E-state index is -0.775. The van der Waals surface area contributed by atoms with Crippen molar-refractivity contribution in [3.63, 3.8) is 0 Å². The first-order chi connectivity index (χ1) is 15.3. The second-order valence-corrected chi connectivity index (χ2v) is 8.67. The van der Waals surface area contributed by atoms with Crippen LogP contribution in [0.5, 0.6) is 0 Å². The molecule has 3 aromatic rings. The molecule has 160 valence electrons. The van der Waals surface area contributed by atoms with Crippen LogP contribution in [0.25, 0.3) is 6.08 Å². The maximum Gasteiger partial charge on any atom is 0.335 e. The summed E-state index contributed by atoms with van der Waals surface area (Å²) in [5.74, 6) is -1.42. The molecule has 4 amide bonds. The zero-order valence-electron chi connectivity index (χ0n) is 17.1. The van der Waals surface area contributed by atoms with Crippen molar-refractivity contribution in [2.24, 2.45) is 0 Å². The third-order valence-electron chi connectivity index (χ3n) is 5.12. The number of carbonyl (C=O) groups excluding carboxylic acids is 3. The van der Waals surface area contributed by atoms with Crippen LogP contribution in [0, 0.1) is 6.92 Å². The maximum atomic E-state index is 13.0. The molecule has 4 rings (SSSR count). The van der Waals surface area contributed by atoms with Crippen LogP contribution in [0.2, 0.25) is 5.02 Å². The highest BCUT2D eigenvalue weighted by atomic mass is 79.9. The monoisotopic (exact) mass is 508 g/mol. The largest absolute Gasteiger partial charge is 0.335 e. The summed E-state index contributed by atoms with van der Waals surface area (Å²) in [7, 11) is 0. The quantitative estimate of drug-likeness (QED) is 0.364. The molecule has 0 unspecified atom stereocenters. The first kappa shape index (κ1) is 22.0. The molecule has 1 aliphatic rings. The Kier molecular flexibility index (Phi) is 6.26. The molecular formula is C25H18BrClN2O3. The summed E-state index contributed by atoms with van der Waals surface area (Å²) >= 11 is 10.0.